The van der Waals surface area contributed by atoms with Crippen LogP contribution in [0.25, 0.3) is 0 Å². The lowest BCUT2D eigenvalue weighted by molar-refractivity contribution is -0.136. The number of hydrogen-bond acceptors (Lipinski definition) is 4. The highest BCUT2D eigenvalue weighted by molar-refractivity contribution is 7.10. The third-order valence-electron chi connectivity index (χ3n) is 2.53. The second kappa shape index (κ2) is 5.31. The van der Waals surface area contributed by atoms with Gasteiger partial charge >= 0.3 is 6.18 Å². The lowest BCUT2D eigenvalue weighted by Crippen LogP contribution is -2.09. The quantitative estimate of drug-likeness (QED) is 0.870. The average Bonchev–Trinajstić information content (AvgIpc) is 2.71. The molecule has 1 N–H and O–H groups in total. The summed E-state index contributed by atoms with van der Waals surface area (Å²) in [4.78, 5) is 0. The van der Waals surface area contributed by atoms with E-state index in [0.717, 1.165) is 17.6 Å². The Balaban J connectivity index is 2.52. The molecule has 1 heterocycles. The fourth-order valence-corrected chi connectivity index (χ4v) is 2.56. The summed E-state index contributed by atoms with van der Waals surface area (Å²) in [5.74, 6) is 0. The SMILES string of the molecule is Cc1nsc(Nc2c(Cl)cccc2C(F)(F)F)c1C#N. The molecular formula is C12H7ClF3N3S. The van der Waals surface area contributed by atoms with Crippen molar-refractivity contribution in [2.24, 2.45) is 0 Å². The van der Waals surface area contributed by atoms with Crippen LogP contribution >= 0.6 is 23.1 Å². The Morgan fingerprint density at radius 3 is 2.70 bits per heavy atom. The van der Waals surface area contributed by atoms with E-state index in [4.69, 9.17) is 16.9 Å². The minimum absolute atomic E-state index is 0.0743. The van der Waals surface area contributed by atoms with Crippen LogP contribution in [-0.2, 0) is 6.18 Å². The van der Waals surface area contributed by atoms with E-state index in [1.54, 1.807) is 6.92 Å². The van der Waals surface area contributed by atoms with Gasteiger partial charge in [-0.05, 0) is 30.6 Å². The Morgan fingerprint density at radius 1 is 1.40 bits per heavy atom. The lowest BCUT2D eigenvalue weighted by atomic mass is 10.1. The fraction of sp³-hybridized carbons (Fsp3) is 0.167. The smallest absolute Gasteiger partial charge is 0.343 e. The third kappa shape index (κ3) is 2.71. The number of halogens is 4. The summed E-state index contributed by atoms with van der Waals surface area (Å²) < 4.78 is 42.8. The molecule has 0 bridgehead atoms. The fourth-order valence-electron chi connectivity index (χ4n) is 1.59. The summed E-state index contributed by atoms with van der Waals surface area (Å²) >= 11 is 6.74. The molecule has 0 saturated carbocycles. The van der Waals surface area contributed by atoms with Gasteiger partial charge in [0.25, 0.3) is 0 Å². The molecule has 0 aliphatic rings. The number of nitriles is 1. The molecule has 0 unspecified atom stereocenters. The molecule has 20 heavy (non-hydrogen) atoms. The lowest BCUT2D eigenvalue weighted by Gasteiger charge is -2.15. The van der Waals surface area contributed by atoms with Crippen LogP contribution < -0.4 is 5.32 Å². The number of benzene rings is 1. The van der Waals surface area contributed by atoms with Crippen LogP contribution in [0.3, 0.4) is 0 Å². The first-order valence-electron chi connectivity index (χ1n) is 5.33. The highest BCUT2D eigenvalue weighted by atomic mass is 35.5. The Morgan fingerprint density at radius 2 is 2.10 bits per heavy atom. The standard InChI is InChI=1S/C12H7ClF3N3S/c1-6-7(5-17)11(20-19-6)18-10-8(12(14,15)16)3-2-4-9(10)13/h2-4,18H,1H3. The number of anilines is 2. The first-order chi connectivity index (χ1) is 9.34. The molecule has 3 nitrogen and oxygen atoms in total. The van der Waals surface area contributed by atoms with Crippen molar-refractivity contribution in [3.05, 3.63) is 40.0 Å². The van der Waals surface area contributed by atoms with Crippen LogP contribution in [0.15, 0.2) is 18.2 Å². The van der Waals surface area contributed by atoms with Crippen molar-refractivity contribution < 1.29 is 13.2 Å². The Labute approximate surface area is 121 Å². The Kier molecular flexibility index (Phi) is 3.88. The van der Waals surface area contributed by atoms with Gasteiger partial charge in [0.1, 0.15) is 16.6 Å². The third-order valence-corrected chi connectivity index (χ3v) is 3.70. The van der Waals surface area contributed by atoms with Crippen molar-refractivity contribution in [2.75, 3.05) is 5.32 Å². The first kappa shape index (κ1) is 14.6. The van der Waals surface area contributed by atoms with Crippen LogP contribution in [0, 0.1) is 18.3 Å². The Bertz CT molecular complexity index is 688. The Hall–Kier alpha value is -1.78. The largest absolute Gasteiger partial charge is 0.418 e. The predicted octanol–water partition coefficient (Wildman–Crippen LogP) is 4.74. The van der Waals surface area contributed by atoms with Crippen molar-refractivity contribution >= 4 is 33.8 Å². The first-order valence-corrected chi connectivity index (χ1v) is 6.49. The summed E-state index contributed by atoms with van der Waals surface area (Å²) in [6.45, 7) is 1.61. The van der Waals surface area contributed by atoms with Crippen LogP contribution in [0.5, 0.6) is 0 Å². The van der Waals surface area contributed by atoms with Gasteiger partial charge in [0.05, 0.1) is 22.0 Å². The van der Waals surface area contributed by atoms with Gasteiger partial charge in [-0.25, -0.2) is 0 Å². The molecule has 0 radical (unpaired) electrons. The normalized spacial score (nSPS) is 11.2. The molecule has 0 saturated heterocycles. The number of aromatic nitrogens is 1. The molecule has 2 aromatic rings. The van der Waals surface area contributed by atoms with E-state index >= 15 is 0 Å². The molecule has 0 atom stereocenters. The second-order valence-corrected chi connectivity index (χ2v) is 5.05. The predicted molar refractivity (Wildman–Crippen MR) is 71.3 cm³/mol. The minimum Gasteiger partial charge on any atom is -0.343 e. The molecule has 0 aliphatic heterocycles. The minimum atomic E-state index is -4.54. The van der Waals surface area contributed by atoms with Gasteiger partial charge in [-0.3, -0.25) is 0 Å². The van der Waals surface area contributed by atoms with Gasteiger partial charge in [0.2, 0.25) is 0 Å². The molecular weight excluding hydrogens is 311 g/mol. The molecule has 1 aromatic heterocycles. The zero-order valence-corrected chi connectivity index (χ0v) is 11.6. The molecule has 0 spiro atoms. The number of alkyl halides is 3. The molecule has 104 valence electrons. The van der Waals surface area contributed by atoms with Crippen LogP contribution in [0.1, 0.15) is 16.8 Å². The van der Waals surface area contributed by atoms with Gasteiger partial charge in [-0.15, -0.1) is 0 Å². The van der Waals surface area contributed by atoms with Crippen molar-refractivity contribution in [3.8, 4) is 6.07 Å². The van der Waals surface area contributed by atoms with Crippen LogP contribution in [0.2, 0.25) is 5.02 Å². The monoisotopic (exact) mass is 317 g/mol. The van der Waals surface area contributed by atoms with E-state index in [1.807, 2.05) is 6.07 Å². The summed E-state index contributed by atoms with van der Waals surface area (Å²) in [6, 6.07) is 5.40. The number of nitrogens with one attached hydrogen (secondary N) is 1. The molecule has 1 aromatic carbocycles. The molecule has 0 fully saturated rings. The molecule has 0 aliphatic carbocycles. The molecule has 0 amide bonds. The van der Waals surface area contributed by atoms with Gasteiger partial charge in [-0.2, -0.15) is 22.8 Å². The van der Waals surface area contributed by atoms with Crippen LogP contribution in [-0.4, -0.2) is 4.37 Å². The van der Waals surface area contributed by atoms with Crippen molar-refractivity contribution in [2.45, 2.75) is 13.1 Å². The summed E-state index contributed by atoms with van der Waals surface area (Å²) in [7, 11) is 0. The highest BCUT2D eigenvalue weighted by Crippen LogP contribution is 2.41. The van der Waals surface area contributed by atoms with Crippen molar-refractivity contribution in [1.82, 2.24) is 4.37 Å². The van der Waals surface area contributed by atoms with E-state index in [0.29, 0.717) is 5.69 Å². The van der Waals surface area contributed by atoms with E-state index in [1.165, 1.54) is 12.1 Å². The number of para-hydroxylation sites is 1. The number of nitrogens with zero attached hydrogens (tertiary/aromatic N) is 2. The number of rotatable bonds is 2. The summed E-state index contributed by atoms with van der Waals surface area (Å²) in [5, 5.41) is 11.7. The van der Waals surface area contributed by atoms with Crippen molar-refractivity contribution in [3.63, 3.8) is 0 Å². The number of hydrogen-bond donors (Lipinski definition) is 1. The summed E-state index contributed by atoms with van der Waals surface area (Å²) in [5.41, 5.74) is -0.495. The maximum atomic E-state index is 12.9. The van der Waals surface area contributed by atoms with Gasteiger partial charge in [0.15, 0.2) is 0 Å². The van der Waals surface area contributed by atoms with Crippen LogP contribution in [0.4, 0.5) is 23.9 Å². The van der Waals surface area contributed by atoms with E-state index < -0.39 is 11.7 Å². The maximum Gasteiger partial charge on any atom is 0.418 e. The molecule has 8 heteroatoms. The molecule has 2 rings (SSSR count). The maximum absolute atomic E-state index is 12.9. The highest BCUT2D eigenvalue weighted by Gasteiger charge is 2.34. The van der Waals surface area contributed by atoms with Crippen molar-refractivity contribution in [1.29, 1.82) is 5.26 Å². The van der Waals surface area contributed by atoms with E-state index in [-0.39, 0.29) is 21.3 Å². The topological polar surface area (TPSA) is 48.7 Å². The van der Waals surface area contributed by atoms with E-state index in [2.05, 4.69) is 9.69 Å². The second-order valence-electron chi connectivity index (χ2n) is 3.87. The van der Waals surface area contributed by atoms with Gasteiger partial charge in [-0.1, -0.05) is 17.7 Å². The zero-order chi connectivity index (χ0) is 14.9. The number of aryl methyl sites for hydroxylation is 1. The van der Waals surface area contributed by atoms with E-state index in [9.17, 15) is 13.2 Å². The van der Waals surface area contributed by atoms with Gasteiger partial charge in [0, 0.05) is 0 Å². The summed E-state index contributed by atoms with van der Waals surface area (Å²) in [6.07, 6.45) is -4.54. The van der Waals surface area contributed by atoms with Gasteiger partial charge < -0.3 is 5.32 Å². The average molecular weight is 318 g/mol. The zero-order valence-electron chi connectivity index (χ0n) is 10.0.